The average molecular weight is 543 g/mol. The molecule has 1 aromatic heterocycles. The number of aliphatic imine (C=N–C) groups is 1. The number of aromatic nitrogens is 3. The van der Waals surface area contributed by atoms with Crippen LogP contribution in [0.5, 0.6) is 11.5 Å². The highest BCUT2D eigenvalue weighted by atomic mass is 127. The molecule has 1 unspecified atom stereocenters. The van der Waals surface area contributed by atoms with Crippen LogP contribution < -0.4 is 20.1 Å². The Morgan fingerprint density at radius 1 is 1.19 bits per heavy atom. The monoisotopic (exact) mass is 543 g/mol. The summed E-state index contributed by atoms with van der Waals surface area (Å²) >= 11 is 0. The zero-order valence-electron chi connectivity index (χ0n) is 18.8. The number of benzene rings is 1. The van der Waals surface area contributed by atoms with Gasteiger partial charge in [0, 0.05) is 44.8 Å². The molecule has 0 aliphatic carbocycles. The lowest BCUT2D eigenvalue weighted by Gasteiger charge is -2.19. The number of nitrogens with zero attached hydrogens (tertiary/aromatic N) is 5. The minimum Gasteiger partial charge on any atom is -0.497 e. The van der Waals surface area contributed by atoms with Crippen LogP contribution in [0.3, 0.4) is 0 Å². The first kappa shape index (κ1) is 25.2. The van der Waals surface area contributed by atoms with E-state index in [1.54, 1.807) is 20.5 Å². The fourth-order valence-corrected chi connectivity index (χ4v) is 3.64. The molecule has 1 atom stereocenters. The highest BCUT2D eigenvalue weighted by Crippen LogP contribution is 2.24. The van der Waals surface area contributed by atoms with Crippen LogP contribution in [0, 0.1) is 0 Å². The van der Waals surface area contributed by atoms with Crippen molar-refractivity contribution < 1.29 is 9.47 Å². The van der Waals surface area contributed by atoms with E-state index >= 15 is 0 Å². The van der Waals surface area contributed by atoms with Crippen molar-refractivity contribution in [1.82, 2.24) is 30.3 Å². The first-order valence-electron chi connectivity index (χ1n) is 10.5. The van der Waals surface area contributed by atoms with Crippen molar-refractivity contribution in [2.24, 2.45) is 4.99 Å². The van der Waals surface area contributed by atoms with Crippen LogP contribution in [0.1, 0.15) is 31.7 Å². The Hall–Kier alpha value is -2.08. The van der Waals surface area contributed by atoms with E-state index in [4.69, 9.17) is 14.5 Å². The second-order valence-electron chi connectivity index (χ2n) is 7.31. The lowest BCUT2D eigenvalue weighted by atomic mass is 10.2. The Labute approximate surface area is 201 Å². The smallest absolute Gasteiger partial charge is 0.191 e. The van der Waals surface area contributed by atoms with Gasteiger partial charge >= 0.3 is 0 Å². The summed E-state index contributed by atoms with van der Waals surface area (Å²) in [5, 5.41) is 15.0. The van der Waals surface area contributed by atoms with Gasteiger partial charge in [-0.25, -0.2) is 4.99 Å². The second kappa shape index (κ2) is 12.7. The molecule has 2 heterocycles. The Kier molecular flexibility index (Phi) is 10.3. The third kappa shape index (κ3) is 7.23. The molecule has 1 aromatic carbocycles. The molecular formula is C21H34IN7O2. The second-order valence-corrected chi connectivity index (χ2v) is 7.31. The van der Waals surface area contributed by atoms with Gasteiger partial charge in [0.25, 0.3) is 0 Å². The summed E-state index contributed by atoms with van der Waals surface area (Å²) < 4.78 is 12.8. The Morgan fingerprint density at radius 2 is 1.94 bits per heavy atom. The van der Waals surface area contributed by atoms with E-state index in [0.717, 1.165) is 62.4 Å². The lowest BCUT2D eigenvalue weighted by Crippen LogP contribution is -2.44. The van der Waals surface area contributed by atoms with Crippen molar-refractivity contribution in [3.8, 4) is 11.5 Å². The predicted molar refractivity (Wildman–Crippen MR) is 132 cm³/mol. The molecule has 0 bridgehead atoms. The van der Waals surface area contributed by atoms with Gasteiger partial charge in [0.15, 0.2) is 11.8 Å². The molecule has 2 N–H and O–H groups in total. The maximum absolute atomic E-state index is 5.39. The molecular weight excluding hydrogens is 509 g/mol. The zero-order chi connectivity index (χ0) is 21.3. The molecule has 172 valence electrons. The van der Waals surface area contributed by atoms with Crippen molar-refractivity contribution in [3.63, 3.8) is 0 Å². The van der Waals surface area contributed by atoms with Crippen LogP contribution in [0.15, 0.2) is 29.5 Å². The highest BCUT2D eigenvalue weighted by molar-refractivity contribution is 14.0. The van der Waals surface area contributed by atoms with Crippen LogP contribution in [-0.2, 0) is 19.6 Å². The lowest BCUT2D eigenvalue weighted by molar-refractivity contribution is 0.321. The van der Waals surface area contributed by atoms with Gasteiger partial charge in [0.2, 0.25) is 0 Å². The summed E-state index contributed by atoms with van der Waals surface area (Å²) in [6, 6.07) is 6.38. The molecule has 3 rings (SSSR count). The number of ether oxygens (including phenoxy) is 2. The molecule has 2 aromatic rings. The zero-order valence-corrected chi connectivity index (χ0v) is 21.1. The summed E-state index contributed by atoms with van der Waals surface area (Å²) in [6.45, 7) is 9.15. The van der Waals surface area contributed by atoms with E-state index in [-0.39, 0.29) is 24.0 Å². The molecule has 0 spiro atoms. The topological polar surface area (TPSA) is 88.8 Å². The van der Waals surface area contributed by atoms with Gasteiger partial charge in [-0.15, -0.1) is 34.2 Å². The van der Waals surface area contributed by atoms with Crippen molar-refractivity contribution in [1.29, 1.82) is 0 Å². The Balaban J connectivity index is 0.00000341. The van der Waals surface area contributed by atoms with E-state index in [9.17, 15) is 0 Å². The van der Waals surface area contributed by atoms with Crippen molar-refractivity contribution in [2.45, 2.75) is 45.9 Å². The first-order chi connectivity index (χ1) is 14.6. The van der Waals surface area contributed by atoms with Gasteiger partial charge in [-0.3, -0.25) is 4.90 Å². The minimum atomic E-state index is 0. The third-order valence-corrected chi connectivity index (χ3v) is 5.19. The van der Waals surface area contributed by atoms with Crippen LogP contribution in [-0.4, -0.2) is 65.5 Å². The van der Waals surface area contributed by atoms with Crippen LogP contribution >= 0.6 is 24.0 Å². The number of hydrogen-bond donors (Lipinski definition) is 2. The maximum Gasteiger partial charge on any atom is 0.191 e. The number of aryl methyl sites for hydroxylation is 1. The Bertz CT molecular complexity index is 821. The van der Waals surface area contributed by atoms with Gasteiger partial charge in [-0.2, -0.15) is 0 Å². The van der Waals surface area contributed by atoms with Crippen LogP contribution in [0.4, 0.5) is 0 Å². The first-order valence-corrected chi connectivity index (χ1v) is 10.5. The molecule has 1 fully saturated rings. The van der Waals surface area contributed by atoms with Crippen molar-refractivity contribution in [3.05, 3.63) is 35.9 Å². The highest BCUT2D eigenvalue weighted by Gasteiger charge is 2.23. The maximum atomic E-state index is 5.39. The molecule has 0 saturated carbocycles. The summed E-state index contributed by atoms with van der Waals surface area (Å²) in [6.07, 6.45) is 2.81. The third-order valence-electron chi connectivity index (χ3n) is 5.19. The number of hydrogen-bond acceptors (Lipinski definition) is 6. The number of rotatable bonds is 9. The molecule has 0 radical (unpaired) electrons. The van der Waals surface area contributed by atoms with E-state index in [1.165, 1.54) is 5.56 Å². The molecule has 0 amide bonds. The standard InChI is InChI=1S/C21H33N7O2.HI/c1-5-22-21(23-12-20-26-24-15-28(20)6-2)25-17-7-8-27(14-17)13-16-9-18(29-3)11-19(10-16)30-4;/h9-11,15,17H,5-8,12-14H2,1-4H3,(H2,22,23,25);1H. The molecule has 1 aliphatic heterocycles. The number of guanidine groups is 1. The molecule has 1 saturated heterocycles. The van der Waals surface area contributed by atoms with Gasteiger partial charge in [0.1, 0.15) is 24.4 Å². The van der Waals surface area contributed by atoms with Gasteiger partial charge in [-0.1, -0.05) is 0 Å². The molecule has 1 aliphatic rings. The van der Waals surface area contributed by atoms with E-state index in [1.807, 2.05) is 10.6 Å². The van der Waals surface area contributed by atoms with Crippen LogP contribution in [0.2, 0.25) is 0 Å². The van der Waals surface area contributed by atoms with E-state index in [2.05, 4.69) is 51.7 Å². The Morgan fingerprint density at radius 3 is 2.58 bits per heavy atom. The SMILES string of the molecule is CCNC(=NCc1nncn1CC)NC1CCN(Cc2cc(OC)cc(OC)c2)C1.I. The minimum absolute atomic E-state index is 0. The summed E-state index contributed by atoms with van der Waals surface area (Å²) in [5.74, 6) is 3.33. The largest absolute Gasteiger partial charge is 0.497 e. The van der Waals surface area contributed by atoms with Gasteiger partial charge < -0.3 is 24.7 Å². The van der Waals surface area contributed by atoms with Gasteiger partial charge in [0.05, 0.1) is 14.2 Å². The van der Waals surface area contributed by atoms with Crippen molar-refractivity contribution in [2.75, 3.05) is 33.9 Å². The number of halogens is 1. The fourth-order valence-electron chi connectivity index (χ4n) is 3.64. The van der Waals surface area contributed by atoms with E-state index in [0.29, 0.717) is 12.6 Å². The van der Waals surface area contributed by atoms with Gasteiger partial charge in [-0.05, 0) is 38.0 Å². The molecule has 10 heteroatoms. The van der Waals surface area contributed by atoms with Crippen LogP contribution in [0.25, 0.3) is 0 Å². The average Bonchev–Trinajstić information content (AvgIpc) is 3.40. The number of nitrogens with one attached hydrogen (secondary N) is 2. The number of methoxy groups -OCH3 is 2. The predicted octanol–water partition coefficient (Wildman–Crippen LogP) is 2.26. The van der Waals surface area contributed by atoms with E-state index < -0.39 is 0 Å². The molecule has 9 nitrogen and oxygen atoms in total. The fraction of sp³-hybridized carbons (Fsp3) is 0.571. The van der Waals surface area contributed by atoms with Crippen molar-refractivity contribution >= 4 is 29.9 Å². The summed E-state index contributed by atoms with van der Waals surface area (Å²) in [7, 11) is 3.36. The quantitative estimate of drug-likeness (QED) is 0.285. The summed E-state index contributed by atoms with van der Waals surface area (Å²) in [5.41, 5.74) is 1.19. The normalized spacial score (nSPS) is 16.6. The molecule has 31 heavy (non-hydrogen) atoms. The summed E-state index contributed by atoms with van der Waals surface area (Å²) in [4.78, 5) is 7.14. The number of likely N-dealkylation sites (tertiary alicyclic amines) is 1.